The molecular formula is C57H102B13O29P4S-3. The van der Waals surface area contributed by atoms with Gasteiger partial charge in [0.25, 0.3) is 7.82 Å². The van der Waals surface area contributed by atoms with Gasteiger partial charge in [-0.2, -0.15) is 0 Å². The molecule has 0 bridgehead atoms. The van der Waals surface area contributed by atoms with Crippen LogP contribution in [0.4, 0.5) is 0 Å². The average molecular weight is 1550 g/mol. The molecule has 572 valence electrons. The molecule has 0 saturated carbocycles. The lowest BCUT2D eigenvalue weighted by atomic mass is 9.49. The van der Waals surface area contributed by atoms with Gasteiger partial charge in [0.05, 0.1) is 138 Å². The average Bonchev–Trinajstić information content (AvgIpc) is 1.73. The van der Waals surface area contributed by atoms with Crippen LogP contribution in [0.3, 0.4) is 0 Å². The predicted octanol–water partition coefficient (Wildman–Crippen LogP) is -1.74. The van der Waals surface area contributed by atoms with Crippen LogP contribution in [0.15, 0.2) is 0 Å². The van der Waals surface area contributed by atoms with E-state index in [1.165, 1.54) is 56.7 Å². The lowest BCUT2D eigenvalue weighted by Crippen LogP contribution is -2.35. The van der Waals surface area contributed by atoms with Gasteiger partial charge in [-0.25, -0.2) is 0 Å². The van der Waals surface area contributed by atoms with Crippen molar-refractivity contribution in [1.82, 2.24) is 0 Å². The largest absolute Gasteiger partial charge is 0.780 e. The molecule has 8 aliphatic heterocycles. The Morgan fingerprint density at radius 2 is 0.606 bits per heavy atom. The van der Waals surface area contributed by atoms with Crippen LogP contribution in [0.25, 0.3) is 0 Å². The van der Waals surface area contributed by atoms with E-state index < -0.39 is 116 Å². The molecule has 8 heterocycles. The van der Waals surface area contributed by atoms with Crippen LogP contribution in [0.1, 0.15) is 55.4 Å². The minimum Gasteiger partial charge on any atom is -0.780 e. The number of rotatable bonds is 36. The van der Waals surface area contributed by atoms with Crippen molar-refractivity contribution in [3.8, 4) is 0 Å². The highest BCUT2D eigenvalue weighted by atomic mass is 32.5. The van der Waals surface area contributed by atoms with Crippen LogP contribution >= 0.6 is 29.6 Å². The first-order valence-electron chi connectivity index (χ1n) is 34.1. The van der Waals surface area contributed by atoms with Gasteiger partial charge in [0.2, 0.25) is 0 Å². The van der Waals surface area contributed by atoms with E-state index in [9.17, 15) is 23.5 Å². The summed E-state index contributed by atoms with van der Waals surface area (Å²) in [5.74, 6) is -0.617. The van der Waals surface area contributed by atoms with Crippen LogP contribution in [-0.4, -0.2) is 361 Å². The number of ether oxygens (including phenoxy) is 16. The zero-order valence-corrected chi connectivity index (χ0v) is 66.5. The third-order valence-electron chi connectivity index (χ3n) is 19.7. The Morgan fingerprint density at radius 3 is 0.894 bits per heavy atom. The van der Waals surface area contributed by atoms with E-state index in [4.69, 9.17) is 186 Å². The fourth-order valence-electron chi connectivity index (χ4n) is 13.6. The Labute approximate surface area is 637 Å². The van der Waals surface area contributed by atoms with Gasteiger partial charge in [-0.15, -0.1) is 0 Å². The fraction of sp³-hybridized carbons (Fsp3) is 1.00. The van der Waals surface area contributed by atoms with Crippen LogP contribution in [0.5, 0.6) is 0 Å². The second-order valence-electron chi connectivity index (χ2n) is 26.7. The summed E-state index contributed by atoms with van der Waals surface area (Å²) in [5.41, 5.74) is 0. The molecule has 8 aliphatic rings. The molecule has 104 heavy (non-hydrogen) atoms. The molecule has 36 atom stereocenters. The van der Waals surface area contributed by atoms with Crippen LogP contribution in [-0.2, 0) is 137 Å². The first kappa shape index (κ1) is 95.7. The highest BCUT2D eigenvalue weighted by Gasteiger charge is 2.50. The summed E-state index contributed by atoms with van der Waals surface area (Å²) in [6, 6.07) is -3.23. The molecule has 20 radical (unpaired) electrons. The van der Waals surface area contributed by atoms with Gasteiger partial charge in [-0.3, -0.25) is 9.13 Å². The van der Waals surface area contributed by atoms with E-state index >= 15 is 0 Å². The quantitative estimate of drug-likeness (QED) is 0.0497. The van der Waals surface area contributed by atoms with Crippen molar-refractivity contribution in [2.75, 3.05) is 116 Å². The zero-order valence-electron chi connectivity index (χ0n) is 62.1. The summed E-state index contributed by atoms with van der Waals surface area (Å²) < 4.78 is 170. The van der Waals surface area contributed by atoms with Crippen molar-refractivity contribution in [2.45, 2.75) is 201 Å². The summed E-state index contributed by atoms with van der Waals surface area (Å²) >= 11 is 5.05. The van der Waals surface area contributed by atoms with Gasteiger partial charge >= 0.3 is 7.60 Å². The third-order valence-corrected chi connectivity index (χ3v) is 24.2. The third kappa shape index (κ3) is 26.6. The summed E-state index contributed by atoms with van der Waals surface area (Å²) in [5, 5.41) is 0. The maximum absolute atomic E-state index is 13.0. The lowest BCUT2D eigenvalue weighted by Gasteiger charge is -2.34. The molecule has 0 aliphatic carbocycles. The van der Waals surface area contributed by atoms with E-state index in [0.717, 1.165) is 0 Å². The second-order valence-corrected chi connectivity index (χ2v) is 33.7. The minimum absolute atomic E-state index is 0.0297. The van der Waals surface area contributed by atoms with E-state index in [0.29, 0.717) is 13.2 Å². The first-order valence-corrected chi connectivity index (χ1v) is 41.2. The molecule has 8 saturated heterocycles. The topological polar surface area (TPSA) is 319 Å². The van der Waals surface area contributed by atoms with E-state index in [1.807, 2.05) is 48.5 Å². The molecular weight excluding hydrogens is 1450 g/mol. The molecule has 47 heteroatoms. The van der Waals surface area contributed by atoms with Crippen molar-refractivity contribution >= 4 is 140 Å². The summed E-state index contributed by atoms with van der Waals surface area (Å²) in [6.07, 6.45) is -6.82. The summed E-state index contributed by atoms with van der Waals surface area (Å²) in [4.78, 5) is 25.0. The fourth-order valence-corrected chi connectivity index (χ4v) is 18.2. The normalized spacial score (nSPS) is 42.7. The van der Waals surface area contributed by atoms with Gasteiger partial charge in [-0.1, -0.05) is 67.2 Å². The van der Waals surface area contributed by atoms with Crippen molar-refractivity contribution in [3.05, 3.63) is 0 Å². The Bertz CT molecular complexity index is 2350. The zero-order chi connectivity index (χ0) is 77.9. The Morgan fingerprint density at radius 1 is 0.356 bits per heavy atom. The van der Waals surface area contributed by atoms with Crippen molar-refractivity contribution in [1.29, 1.82) is 0 Å². The molecule has 0 aromatic rings. The van der Waals surface area contributed by atoms with Gasteiger partial charge < -0.3 is 126 Å². The molecule has 29 nitrogen and oxygen atoms in total. The van der Waals surface area contributed by atoms with Crippen molar-refractivity contribution < 1.29 is 135 Å². The smallest absolute Gasteiger partial charge is 0.328 e. The molecule has 0 spiro atoms. The molecule has 0 aromatic heterocycles. The van der Waals surface area contributed by atoms with Crippen LogP contribution in [0, 0.1) is 47.3 Å². The van der Waals surface area contributed by atoms with Gasteiger partial charge in [0, 0.05) is 190 Å². The number of hydrogen-bond acceptors (Lipinski definition) is 30. The Kier molecular flexibility index (Phi) is 41.3. The molecule has 8 rings (SSSR count). The number of hydrogen-bond donors (Lipinski definition) is 0. The molecule has 0 N–H and O–H groups in total. The highest BCUT2D eigenvalue weighted by molar-refractivity contribution is 8.06. The molecule has 0 amide bonds. The van der Waals surface area contributed by atoms with E-state index in [2.05, 4.69) is 0 Å². The van der Waals surface area contributed by atoms with E-state index in [1.54, 1.807) is 42.5 Å². The monoisotopic (exact) mass is 1550 g/mol. The minimum atomic E-state index is -4.62. The van der Waals surface area contributed by atoms with Crippen molar-refractivity contribution in [3.63, 3.8) is 0 Å². The summed E-state index contributed by atoms with van der Waals surface area (Å²) in [6.45, 7) is 13.8. The summed E-state index contributed by atoms with van der Waals surface area (Å²) in [7, 11) is 52.4. The second kappa shape index (κ2) is 44.9. The Balaban J connectivity index is 0.000000249. The molecule has 8 fully saturated rings. The number of phosphoric ester groups is 1. The van der Waals surface area contributed by atoms with Crippen LogP contribution in [0.2, 0.25) is 0 Å². The Hall–Kier alpha value is 1.14. The van der Waals surface area contributed by atoms with E-state index in [-0.39, 0.29) is 154 Å². The van der Waals surface area contributed by atoms with Crippen LogP contribution < -0.4 is 9.79 Å². The standard InChI is InChI=1S/C15H27B3O7P.C14H27B4O7P.C14H25B3O8P.C14H25B3O7PS/c1-8-13(10(6-20-3)23-14(8)16)25-26(5,19)22-7-11-12(21-4)9(2)15(18-17)24-11;1-7-12(9(5-20-3)23-13(7)15)25-26(17,19)22-6-10-11(21-4)8(2)14(18-16)24-10;1-7-12(9(5-20-3)23-13(7)15)25-26(18,19)22-6-10-11(21-4)8(2)14(17-16)24-10;1-7-12(9(5-19-3)22-13(7)15)24-25(18,26)21-6-10-11(20-4)8(2)14(17-16)23-10/h8-15H,6-7H2,1-5H3;7-14H,5-6H2,1-4,17H3;7-14H,5-6H2,1-4H3,(H,18,19);7-14H,5-6H2,1-4H3,(H,18,26)/q;-1;;/p-2/t8-,9-,10+,11+,12?,13?,14+,15+,26?;7-,8-,9+,10+,11?,12?,13+,14+,26?;7-,8-,9+,10+,11?,12?,13+,14+;7-,8-,9+,10+,11?,12?,13+,14+,25?/m0000/s1. The maximum Gasteiger partial charge on any atom is 0.328 e. The number of phosphoric acid groups is 1. The maximum atomic E-state index is 13.0. The highest BCUT2D eigenvalue weighted by Crippen LogP contribution is 2.52. The van der Waals surface area contributed by atoms with Crippen molar-refractivity contribution in [2.24, 2.45) is 47.3 Å². The SMILES string of the molecule is [B][B][C@@H]1O[C@H](COP(=O)([O-])OC2[C@@H](COC)O[C@@H]([B])[C@H]2C)C(OC)[C@@H]1C.[B][B][C@@H]1O[C@H](COP(C)(=O)OC2[C@@H](COC)O[C@@H]([B])[C@H]2C)C(OC)[C@@H]1C.[B][B][C@@H]1O[C@H](COP([BH3-])(=O)OC2[C@@H](COC)O[C@@H]([B])[C@H]2C)C(OC)[C@@H]1C.[B][B][C@@H]1O[C@H](COP([O-])(=S)OC2[C@@H](COC)O[C@@H]([B])[C@H]2C)C(OC)[C@@H]1C. The first-order chi connectivity index (χ1) is 48.9. The van der Waals surface area contributed by atoms with Gasteiger partial charge in [0.15, 0.2) is 0 Å². The molecule has 12 unspecified atom stereocenters. The molecule has 0 aromatic carbocycles. The number of methoxy groups -OCH3 is 8. The van der Waals surface area contributed by atoms with Gasteiger partial charge in [-0.05, 0) is 0 Å². The van der Waals surface area contributed by atoms with Gasteiger partial charge in [0.1, 0.15) is 94.4 Å². The lowest BCUT2D eigenvalue weighted by molar-refractivity contribution is -0.235. The predicted molar refractivity (Wildman–Crippen MR) is 399 cm³/mol.